The number of aromatic nitrogens is 5. The van der Waals surface area contributed by atoms with Gasteiger partial charge >= 0.3 is 0 Å². The van der Waals surface area contributed by atoms with Gasteiger partial charge in [-0.15, -0.1) is 16.4 Å². The molecule has 0 saturated carbocycles. The molecule has 0 unspecified atom stereocenters. The Hall–Kier alpha value is -3.39. The standard InChI is InChI=1S/C19H16N6OS/c1-12-10-15(8-9-16(12)25-11-20-23-24-25)22-18(26)17-13(2)21-19(27-17)14-6-4-3-5-7-14/h3-11H,1-2H3,(H,22,26). The summed E-state index contributed by atoms with van der Waals surface area (Å²) >= 11 is 1.39. The van der Waals surface area contributed by atoms with Crippen LogP contribution in [0.1, 0.15) is 20.9 Å². The maximum Gasteiger partial charge on any atom is 0.267 e. The second-order valence-electron chi connectivity index (χ2n) is 6.01. The maximum atomic E-state index is 12.7. The highest BCUT2D eigenvalue weighted by atomic mass is 32.1. The fourth-order valence-corrected chi connectivity index (χ4v) is 3.73. The van der Waals surface area contributed by atoms with Crippen LogP contribution in [0.15, 0.2) is 54.9 Å². The van der Waals surface area contributed by atoms with Gasteiger partial charge in [-0.1, -0.05) is 30.3 Å². The Kier molecular flexibility index (Phi) is 4.47. The summed E-state index contributed by atoms with van der Waals surface area (Å²) in [6.07, 6.45) is 1.53. The van der Waals surface area contributed by atoms with Gasteiger partial charge in [-0.2, -0.15) is 0 Å². The molecule has 0 atom stereocenters. The minimum Gasteiger partial charge on any atom is -0.321 e. The van der Waals surface area contributed by atoms with Crippen molar-refractivity contribution in [1.82, 2.24) is 25.2 Å². The van der Waals surface area contributed by atoms with Crippen molar-refractivity contribution in [2.24, 2.45) is 0 Å². The van der Waals surface area contributed by atoms with E-state index in [0.29, 0.717) is 10.6 Å². The molecular weight excluding hydrogens is 360 g/mol. The maximum absolute atomic E-state index is 12.7. The van der Waals surface area contributed by atoms with Crippen LogP contribution in [0.5, 0.6) is 0 Å². The van der Waals surface area contributed by atoms with Crippen LogP contribution in [-0.2, 0) is 0 Å². The number of tetrazole rings is 1. The van der Waals surface area contributed by atoms with Crippen molar-refractivity contribution in [2.75, 3.05) is 5.32 Å². The molecule has 0 aliphatic carbocycles. The molecule has 0 saturated heterocycles. The van der Waals surface area contributed by atoms with Gasteiger partial charge in [0.25, 0.3) is 5.91 Å². The molecule has 134 valence electrons. The number of nitrogens with zero attached hydrogens (tertiary/aromatic N) is 5. The van der Waals surface area contributed by atoms with E-state index in [4.69, 9.17) is 0 Å². The molecule has 7 nitrogen and oxygen atoms in total. The summed E-state index contributed by atoms with van der Waals surface area (Å²) in [6, 6.07) is 15.4. The van der Waals surface area contributed by atoms with E-state index in [9.17, 15) is 4.79 Å². The van der Waals surface area contributed by atoms with Gasteiger partial charge < -0.3 is 5.32 Å². The van der Waals surface area contributed by atoms with Crippen LogP contribution < -0.4 is 5.32 Å². The number of carbonyl (C=O) groups excluding carboxylic acids is 1. The number of carbonyl (C=O) groups is 1. The van der Waals surface area contributed by atoms with Crippen molar-refractivity contribution in [2.45, 2.75) is 13.8 Å². The summed E-state index contributed by atoms with van der Waals surface area (Å²) in [5, 5.41) is 15.0. The minimum atomic E-state index is -0.165. The quantitative estimate of drug-likeness (QED) is 0.587. The second kappa shape index (κ2) is 7.08. The molecule has 2 aromatic heterocycles. The average Bonchev–Trinajstić information content (AvgIpc) is 3.32. The Morgan fingerprint density at radius 1 is 1.11 bits per heavy atom. The normalized spacial score (nSPS) is 10.7. The summed E-state index contributed by atoms with van der Waals surface area (Å²) < 4.78 is 1.58. The van der Waals surface area contributed by atoms with E-state index in [2.05, 4.69) is 25.8 Å². The van der Waals surface area contributed by atoms with Gasteiger partial charge in [-0.25, -0.2) is 9.67 Å². The van der Waals surface area contributed by atoms with Gasteiger partial charge in [-0.05, 0) is 48.0 Å². The fourth-order valence-electron chi connectivity index (χ4n) is 2.76. The number of aryl methyl sites for hydroxylation is 2. The molecule has 2 aromatic carbocycles. The Bertz CT molecular complexity index is 1090. The first kappa shape index (κ1) is 17.0. The van der Waals surface area contributed by atoms with Gasteiger partial charge in [0.05, 0.1) is 11.4 Å². The molecule has 0 aliphatic heterocycles. The Morgan fingerprint density at radius 3 is 2.63 bits per heavy atom. The SMILES string of the molecule is Cc1cc(NC(=O)c2sc(-c3ccccc3)nc2C)ccc1-n1cnnn1. The zero-order chi connectivity index (χ0) is 18.8. The molecule has 1 amide bonds. The van der Waals surface area contributed by atoms with Gasteiger partial charge in [-0.3, -0.25) is 4.79 Å². The van der Waals surface area contributed by atoms with Crippen molar-refractivity contribution in [3.63, 3.8) is 0 Å². The number of benzene rings is 2. The largest absolute Gasteiger partial charge is 0.321 e. The predicted molar refractivity (Wildman–Crippen MR) is 104 cm³/mol. The summed E-state index contributed by atoms with van der Waals surface area (Å²) in [4.78, 5) is 17.9. The lowest BCUT2D eigenvalue weighted by Gasteiger charge is -2.08. The number of thiazole rings is 1. The number of hydrogen-bond donors (Lipinski definition) is 1. The average molecular weight is 376 g/mol. The van der Waals surface area contributed by atoms with Gasteiger partial charge in [0.15, 0.2) is 0 Å². The summed E-state index contributed by atoms with van der Waals surface area (Å²) in [6.45, 7) is 3.79. The molecule has 0 fully saturated rings. The zero-order valence-electron chi connectivity index (χ0n) is 14.7. The topological polar surface area (TPSA) is 85.6 Å². The molecule has 0 radical (unpaired) electrons. The van der Waals surface area contributed by atoms with Gasteiger partial charge in [0.1, 0.15) is 16.2 Å². The first-order chi connectivity index (χ1) is 13.1. The van der Waals surface area contributed by atoms with Gasteiger partial charge in [0.2, 0.25) is 0 Å². The highest BCUT2D eigenvalue weighted by Crippen LogP contribution is 2.28. The van der Waals surface area contributed by atoms with Crippen LogP contribution >= 0.6 is 11.3 Å². The van der Waals surface area contributed by atoms with Crippen LogP contribution in [0.3, 0.4) is 0 Å². The molecular formula is C19H16N6OS. The fraction of sp³-hybridized carbons (Fsp3) is 0.105. The third-order valence-corrected chi connectivity index (χ3v) is 5.28. The van der Waals surface area contributed by atoms with Crippen LogP contribution in [0.2, 0.25) is 0 Å². The van der Waals surface area contributed by atoms with E-state index < -0.39 is 0 Å². The lowest BCUT2D eigenvalue weighted by atomic mass is 10.1. The molecule has 4 rings (SSSR count). The Balaban J connectivity index is 1.56. The molecule has 4 aromatic rings. The van der Waals surface area contributed by atoms with Crippen molar-refractivity contribution in [3.8, 4) is 16.3 Å². The van der Waals surface area contributed by atoms with E-state index in [-0.39, 0.29) is 5.91 Å². The summed E-state index contributed by atoms with van der Waals surface area (Å²) in [5.41, 5.74) is 4.25. The second-order valence-corrected chi connectivity index (χ2v) is 7.01. The smallest absolute Gasteiger partial charge is 0.267 e. The lowest BCUT2D eigenvalue weighted by molar-refractivity contribution is 0.103. The van der Waals surface area contributed by atoms with Crippen LogP contribution in [0.25, 0.3) is 16.3 Å². The van der Waals surface area contributed by atoms with Crippen molar-refractivity contribution < 1.29 is 4.79 Å². The molecule has 8 heteroatoms. The number of rotatable bonds is 4. The number of amides is 1. The first-order valence-electron chi connectivity index (χ1n) is 8.30. The summed E-state index contributed by atoms with van der Waals surface area (Å²) in [7, 11) is 0. The highest BCUT2D eigenvalue weighted by Gasteiger charge is 2.17. The third-order valence-electron chi connectivity index (χ3n) is 4.07. The lowest BCUT2D eigenvalue weighted by Crippen LogP contribution is -2.12. The Morgan fingerprint density at radius 2 is 1.93 bits per heavy atom. The molecule has 0 spiro atoms. The first-order valence-corrected chi connectivity index (χ1v) is 9.11. The van der Waals surface area contributed by atoms with Gasteiger partial charge in [0, 0.05) is 11.3 Å². The van der Waals surface area contributed by atoms with Crippen molar-refractivity contribution in [3.05, 3.63) is 71.0 Å². The molecule has 27 heavy (non-hydrogen) atoms. The predicted octanol–water partition coefficient (Wildman–Crippen LogP) is 3.65. The number of anilines is 1. The van der Waals surface area contributed by atoms with Crippen LogP contribution in [0.4, 0.5) is 5.69 Å². The third kappa shape index (κ3) is 3.47. The van der Waals surface area contributed by atoms with E-state index >= 15 is 0 Å². The summed E-state index contributed by atoms with van der Waals surface area (Å²) in [5.74, 6) is -0.165. The van der Waals surface area contributed by atoms with Crippen molar-refractivity contribution in [1.29, 1.82) is 0 Å². The van der Waals surface area contributed by atoms with Crippen LogP contribution in [-0.4, -0.2) is 31.1 Å². The minimum absolute atomic E-state index is 0.165. The molecule has 0 aliphatic rings. The van der Waals surface area contributed by atoms with E-state index in [1.807, 2.05) is 62.4 Å². The molecule has 0 bridgehead atoms. The monoisotopic (exact) mass is 376 g/mol. The van der Waals surface area contributed by atoms with E-state index in [1.165, 1.54) is 17.7 Å². The number of nitrogens with one attached hydrogen (secondary N) is 1. The molecule has 2 heterocycles. The van der Waals surface area contributed by atoms with E-state index in [1.54, 1.807) is 4.68 Å². The van der Waals surface area contributed by atoms with E-state index in [0.717, 1.165) is 27.5 Å². The molecule has 1 N–H and O–H groups in total. The number of hydrogen-bond acceptors (Lipinski definition) is 6. The zero-order valence-corrected chi connectivity index (χ0v) is 15.6. The van der Waals surface area contributed by atoms with Crippen molar-refractivity contribution >= 4 is 22.9 Å². The highest BCUT2D eigenvalue weighted by molar-refractivity contribution is 7.17. The Labute approximate surface area is 159 Å². The van der Waals surface area contributed by atoms with Crippen LogP contribution in [0, 0.1) is 13.8 Å².